The molecule has 1 aliphatic rings. The SMILES string of the molecule is COc1ccc(C(=O)NC2CCCC2CN)cc1[N+](=O)[O-].Cl. The second-order valence-corrected chi connectivity index (χ2v) is 5.15. The number of nitro groups is 1. The summed E-state index contributed by atoms with van der Waals surface area (Å²) in [7, 11) is 1.35. The average molecular weight is 330 g/mol. The monoisotopic (exact) mass is 329 g/mol. The van der Waals surface area contributed by atoms with Crippen molar-refractivity contribution in [1.82, 2.24) is 5.32 Å². The number of benzene rings is 1. The number of carbonyl (C=O) groups excluding carboxylic acids is 1. The molecular weight excluding hydrogens is 310 g/mol. The normalized spacial score (nSPS) is 20.1. The van der Waals surface area contributed by atoms with Gasteiger partial charge in [-0.25, -0.2) is 0 Å². The van der Waals surface area contributed by atoms with Gasteiger partial charge < -0.3 is 15.8 Å². The molecular formula is C14H20ClN3O4. The summed E-state index contributed by atoms with van der Waals surface area (Å²) >= 11 is 0. The standard InChI is InChI=1S/C14H19N3O4.ClH/c1-21-13-6-5-9(7-12(13)17(19)20)14(18)16-11-4-2-3-10(11)8-15;/h5-7,10-11H,2-4,8,15H2,1H3,(H,16,18);1H. The fraction of sp³-hybridized carbons (Fsp3) is 0.500. The van der Waals surface area contributed by atoms with E-state index in [-0.39, 0.29) is 47.3 Å². The zero-order valence-electron chi connectivity index (χ0n) is 12.3. The highest BCUT2D eigenvalue weighted by Crippen LogP contribution is 2.28. The molecule has 2 rings (SSSR count). The van der Waals surface area contributed by atoms with E-state index in [1.807, 2.05) is 0 Å². The third kappa shape index (κ3) is 3.86. The molecule has 1 aromatic carbocycles. The van der Waals surface area contributed by atoms with Crippen molar-refractivity contribution >= 4 is 24.0 Å². The van der Waals surface area contributed by atoms with Gasteiger partial charge >= 0.3 is 5.69 Å². The fourth-order valence-electron chi connectivity index (χ4n) is 2.73. The lowest BCUT2D eigenvalue weighted by molar-refractivity contribution is -0.385. The summed E-state index contributed by atoms with van der Waals surface area (Å²) in [6.45, 7) is 0.535. The fourth-order valence-corrected chi connectivity index (χ4v) is 2.73. The molecule has 0 aromatic heterocycles. The number of nitrogens with zero attached hydrogens (tertiary/aromatic N) is 1. The molecule has 0 bridgehead atoms. The predicted molar refractivity (Wildman–Crippen MR) is 84.5 cm³/mol. The Kier molecular flexibility index (Phi) is 6.58. The van der Waals surface area contributed by atoms with Gasteiger partial charge in [-0.05, 0) is 37.4 Å². The quantitative estimate of drug-likeness (QED) is 0.633. The largest absolute Gasteiger partial charge is 0.490 e. The van der Waals surface area contributed by atoms with Gasteiger partial charge in [0.1, 0.15) is 0 Å². The zero-order chi connectivity index (χ0) is 15.4. The van der Waals surface area contributed by atoms with Gasteiger partial charge in [0, 0.05) is 17.7 Å². The van der Waals surface area contributed by atoms with E-state index >= 15 is 0 Å². The number of nitrogens with two attached hydrogens (primary N) is 1. The van der Waals surface area contributed by atoms with E-state index in [0.717, 1.165) is 19.3 Å². The van der Waals surface area contributed by atoms with Crippen LogP contribution in [0.25, 0.3) is 0 Å². The Morgan fingerprint density at radius 1 is 1.50 bits per heavy atom. The number of nitro benzene ring substituents is 1. The van der Waals surface area contributed by atoms with Gasteiger partial charge in [0.15, 0.2) is 5.75 Å². The average Bonchev–Trinajstić information content (AvgIpc) is 2.93. The first-order valence-corrected chi connectivity index (χ1v) is 6.90. The minimum atomic E-state index is -0.562. The van der Waals surface area contributed by atoms with E-state index in [4.69, 9.17) is 10.5 Å². The number of rotatable bonds is 5. The van der Waals surface area contributed by atoms with Gasteiger partial charge in [0.2, 0.25) is 0 Å². The van der Waals surface area contributed by atoms with E-state index in [1.54, 1.807) is 0 Å². The van der Waals surface area contributed by atoms with Gasteiger partial charge in [0.25, 0.3) is 5.91 Å². The van der Waals surface area contributed by atoms with Gasteiger partial charge in [-0.15, -0.1) is 12.4 Å². The Morgan fingerprint density at radius 2 is 2.23 bits per heavy atom. The van der Waals surface area contributed by atoms with Crippen LogP contribution in [0.4, 0.5) is 5.69 Å². The molecule has 0 radical (unpaired) electrons. The van der Waals surface area contributed by atoms with Crippen LogP contribution in [0.2, 0.25) is 0 Å². The van der Waals surface area contributed by atoms with Gasteiger partial charge in [0.05, 0.1) is 12.0 Å². The molecule has 1 fully saturated rings. The third-order valence-corrected chi connectivity index (χ3v) is 3.92. The van der Waals surface area contributed by atoms with Crippen molar-refractivity contribution in [2.24, 2.45) is 11.7 Å². The van der Waals surface area contributed by atoms with Crippen LogP contribution in [0, 0.1) is 16.0 Å². The van der Waals surface area contributed by atoms with E-state index in [1.165, 1.54) is 25.3 Å². The molecule has 122 valence electrons. The van der Waals surface area contributed by atoms with Crippen LogP contribution in [-0.4, -0.2) is 30.5 Å². The van der Waals surface area contributed by atoms with Crippen molar-refractivity contribution < 1.29 is 14.5 Å². The highest BCUT2D eigenvalue weighted by molar-refractivity contribution is 5.95. The molecule has 3 N–H and O–H groups in total. The van der Waals surface area contributed by atoms with Crippen LogP contribution in [0.1, 0.15) is 29.6 Å². The van der Waals surface area contributed by atoms with E-state index in [9.17, 15) is 14.9 Å². The smallest absolute Gasteiger partial charge is 0.311 e. The van der Waals surface area contributed by atoms with Gasteiger partial charge in [-0.1, -0.05) is 6.42 Å². The molecule has 1 saturated carbocycles. The molecule has 1 amide bonds. The molecule has 0 spiro atoms. The van der Waals surface area contributed by atoms with Crippen LogP contribution < -0.4 is 15.8 Å². The van der Waals surface area contributed by atoms with Crippen LogP contribution in [-0.2, 0) is 0 Å². The van der Waals surface area contributed by atoms with Crippen molar-refractivity contribution in [2.75, 3.05) is 13.7 Å². The van der Waals surface area contributed by atoms with Gasteiger partial charge in [-0.2, -0.15) is 0 Å². The maximum Gasteiger partial charge on any atom is 0.311 e. The molecule has 0 heterocycles. The molecule has 1 aliphatic carbocycles. The van der Waals surface area contributed by atoms with E-state index in [2.05, 4.69) is 5.32 Å². The lowest BCUT2D eigenvalue weighted by atomic mass is 10.0. The lowest BCUT2D eigenvalue weighted by Gasteiger charge is -2.19. The molecule has 8 heteroatoms. The molecule has 0 aliphatic heterocycles. The van der Waals surface area contributed by atoms with Crippen molar-refractivity contribution in [1.29, 1.82) is 0 Å². The van der Waals surface area contributed by atoms with Crippen LogP contribution in [0.15, 0.2) is 18.2 Å². The number of hydrogen-bond acceptors (Lipinski definition) is 5. The Morgan fingerprint density at radius 3 is 2.82 bits per heavy atom. The number of halogens is 1. The van der Waals surface area contributed by atoms with E-state index < -0.39 is 4.92 Å². The number of nitrogens with one attached hydrogen (secondary N) is 1. The summed E-state index contributed by atoms with van der Waals surface area (Å²) in [5, 5.41) is 13.9. The first-order chi connectivity index (χ1) is 10.1. The summed E-state index contributed by atoms with van der Waals surface area (Å²) in [6, 6.07) is 4.24. The summed E-state index contributed by atoms with van der Waals surface area (Å²) in [5.74, 6) is 0.102. The summed E-state index contributed by atoms with van der Waals surface area (Å²) in [5.41, 5.74) is 5.72. The minimum absolute atomic E-state index is 0. The lowest BCUT2D eigenvalue weighted by Crippen LogP contribution is -2.39. The molecule has 2 unspecified atom stereocenters. The van der Waals surface area contributed by atoms with E-state index in [0.29, 0.717) is 6.54 Å². The summed E-state index contributed by atoms with van der Waals surface area (Å²) < 4.78 is 4.92. The second-order valence-electron chi connectivity index (χ2n) is 5.15. The molecule has 1 aromatic rings. The second kappa shape index (κ2) is 7.95. The van der Waals surface area contributed by atoms with Crippen molar-refractivity contribution in [2.45, 2.75) is 25.3 Å². The topological polar surface area (TPSA) is 107 Å². The molecule has 0 saturated heterocycles. The van der Waals surface area contributed by atoms with Crippen molar-refractivity contribution in [3.05, 3.63) is 33.9 Å². The van der Waals surface area contributed by atoms with Crippen LogP contribution in [0.5, 0.6) is 5.75 Å². The summed E-state index contributed by atoms with van der Waals surface area (Å²) in [6.07, 6.45) is 2.94. The number of methoxy groups -OCH3 is 1. The predicted octanol–water partition coefficient (Wildman–Crippen LogP) is 1.88. The zero-order valence-corrected chi connectivity index (χ0v) is 13.1. The maximum absolute atomic E-state index is 12.2. The first-order valence-electron chi connectivity index (χ1n) is 6.90. The maximum atomic E-state index is 12.2. The molecule has 2 atom stereocenters. The highest BCUT2D eigenvalue weighted by Gasteiger charge is 2.28. The number of hydrogen-bond donors (Lipinski definition) is 2. The summed E-state index contributed by atoms with van der Waals surface area (Å²) in [4.78, 5) is 22.6. The Labute approximate surface area is 134 Å². The Hall–Kier alpha value is -1.86. The van der Waals surface area contributed by atoms with Crippen molar-refractivity contribution in [3.8, 4) is 5.75 Å². The molecule has 22 heavy (non-hydrogen) atoms. The van der Waals surface area contributed by atoms with Gasteiger partial charge in [-0.3, -0.25) is 14.9 Å². The number of ether oxygens (including phenoxy) is 1. The minimum Gasteiger partial charge on any atom is -0.490 e. The Bertz CT molecular complexity index is 553. The van der Waals surface area contributed by atoms with Crippen molar-refractivity contribution in [3.63, 3.8) is 0 Å². The molecule has 7 nitrogen and oxygen atoms in total. The highest BCUT2D eigenvalue weighted by atomic mass is 35.5. The van der Waals surface area contributed by atoms with Crippen LogP contribution >= 0.6 is 12.4 Å². The van der Waals surface area contributed by atoms with Crippen LogP contribution in [0.3, 0.4) is 0 Å². The number of amides is 1. The Balaban J connectivity index is 0.00000242. The first kappa shape index (κ1) is 18.2. The number of carbonyl (C=O) groups is 1. The third-order valence-electron chi connectivity index (χ3n) is 3.92.